The Labute approximate surface area is 144 Å². The average Bonchev–Trinajstić information content (AvgIpc) is 3.11. The number of halogens is 1. The van der Waals surface area contributed by atoms with Gasteiger partial charge in [-0.2, -0.15) is 5.10 Å². The molecule has 0 fully saturated rings. The summed E-state index contributed by atoms with van der Waals surface area (Å²) in [5.41, 5.74) is 1.99. The van der Waals surface area contributed by atoms with E-state index in [9.17, 15) is 9.18 Å². The lowest BCUT2D eigenvalue weighted by Gasteiger charge is -2.07. The number of carbonyl (C=O) groups excluding carboxylic acids is 1. The zero-order valence-corrected chi connectivity index (χ0v) is 13.6. The van der Waals surface area contributed by atoms with E-state index in [0.717, 1.165) is 11.4 Å². The van der Waals surface area contributed by atoms with Crippen molar-refractivity contribution in [3.63, 3.8) is 0 Å². The van der Waals surface area contributed by atoms with E-state index in [1.54, 1.807) is 41.3 Å². The summed E-state index contributed by atoms with van der Waals surface area (Å²) in [6, 6.07) is 11.3. The van der Waals surface area contributed by atoms with Gasteiger partial charge in [0.2, 0.25) is 5.88 Å². The number of nitrogens with zero attached hydrogens (tertiary/aromatic N) is 3. The summed E-state index contributed by atoms with van der Waals surface area (Å²) in [7, 11) is 1.47. The van der Waals surface area contributed by atoms with Crippen molar-refractivity contribution in [2.45, 2.75) is 6.42 Å². The molecule has 0 aliphatic heterocycles. The van der Waals surface area contributed by atoms with Crippen LogP contribution in [0.3, 0.4) is 0 Å². The first-order chi connectivity index (χ1) is 12.2. The molecular weight excluding hydrogens is 323 g/mol. The van der Waals surface area contributed by atoms with Gasteiger partial charge in [0, 0.05) is 25.4 Å². The molecule has 0 bridgehead atoms. The van der Waals surface area contributed by atoms with Crippen LogP contribution in [0.4, 0.5) is 4.39 Å². The minimum absolute atomic E-state index is 0.247. The van der Waals surface area contributed by atoms with E-state index in [2.05, 4.69) is 15.4 Å². The Morgan fingerprint density at radius 2 is 2.04 bits per heavy atom. The summed E-state index contributed by atoms with van der Waals surface area (Å²) >= 11 is 0. The van der Waals surface area contributed by atoms with E-state index in [1.165, 1.54) is 19.2 Å². The van der Waals surface area contributed by atoms with Gasteiger partial charge in [0.1, 0.15) is 11.4 Å². The van der Waals surface area contributed by atoms with Crippen LogP contribution in [-0.4, -0.2) is 34.3 Å². The minimum atomic E-state index is -0.287. The Hall–Kier alpha value is -3.22. The maximum atomic E-state index is 13.0. The van der Waals surface area contributed by atoms with Gasteiger partial charge in [0.25, 0.3) is 5.91 Å². The highest BCUT2D eigenvalue weighted by atomic mass is 19.1. The average molecular weight is 340 g/mol. The fraction of sp³-hybridized carbons (Fsp3) is 0.167. The zero-order chi connectivity index (χ0) is 17.6. The maximum Gasteiger partial charge on any atom is 0.256 e. The number of hydrogen-bond acceptors (Lipinski definition) is 4. The van der Waals surface area contributed by atoms with Crippen molar-refractivity contribution in [3.8, 4) is 11.6 Å². The lowest BCUT2D eigenvalue weighted by molar-refractivity contribution is 0.0950. The van der Waals surface area contributed by atoms with Gasteiger partial charge in [-0.05, 0) is 42.5 Å². The normalized spacial score (nSPS) is 10.5. The quantitative estimate of drug-likeness (QED) is 0.748. The zero-order valence-electron chi connectivity index (χ0n) is 13.6. The highest BCUT2D eigenvalue weighted by Gasteiger charge is 2.12. The molecule has 25 heavy (non-hydrogen) atoms. The molecule has 0 saturated heterocycles. The van der Waals surface area contributed by atoms with E-state index < -0.39 is 0 Å². The molecule has 0 saturated carbocycles. The number of methoxy groups -OCH3 is 1. The molecule has 1 aromatic carbocycles. The minimum Gasteiger partial charge on any atom is -0.480 e. The number of rotatable bonds is 6. The molecule has 7 heteroatoms. The van der Waals surface area contributed by atoms with Gasteiger partial charge in [0.15, 0.2) is 0 Å². The van der Waals surface area contributed by atoms with Gasteiger partial charge in [-0.25, -0.2) is 14.1 Å². The number of pyridine rings is 1. The van der Waals surface area contributed by atoms with Gasteiger partial charge < -0.3 is 10.1 Å². The third-order valence-electron chi connectivity index (χ3n) is 3.61. The maximum absolute atomic E-state index is 13.0. The summed E-state index contributed by atoms with van der Waals surface area (Å²) in [6.07, 6.45) is 3.94. The van der Waals surface area contributed by atoms with E-state index in [-0.39, 0.29) is 11.7 Å². The van der Waals surface area contributed by atoms with Crippen LogP contribution in [0.25, 0.3) is 5.69 Å². The lowest BCUT2D eigenvalue weighted by atomic mass is 10.2. The lowest BCUT2D eigenvalue weighted by Crippen LogP contribution is -2.26. The molecule has 2 heterocycles. The third kappa shape index (κ3) is 4.00. The standard InChI is InChI=1S/C18H17FN4O2/c1-25-18-16(3-2-10-21-18)17(24)20-11-8-14-9-12-23(22-14)15-6-4-13(19)5-7-15/h2-7,9-10,12H,8,11H2,1H3,(H,20,24). The number of carbonyl (C=O) groups is 1. The second-order valence-corrected chi connectivity index (χ2v) is 5.29. The Morgan fingerprint density at radius 3 is 2.80 bits per heavy atom. The van der Waals surface area contributed by atoms with Crippen LogP contribution in [0.1, 0.15) is 16.1 Å². The van der Waals surface area contributed by atoms with Crippen LogP contribution in [0.15, 0.2) is 54.9 Å². The van der Waals surface area contributed by atoms with E-state index in [1.807, 2.05) is 6.07 Å². The molecule has 3 aromatic rings. The number of amides is 1. The number of hydrogen-bond donors (Lipinski definition) is 1. The number of aromatic nitrogens is 3. The highest BCUT2D eigenvalue weighted by molar-refractivity contribution is 5.96. The first-order valence-corrected chi connectivity index (χ1v) is 7.75. The van der Waals surface area contributed by atoms with Crippen molar-refractivity contribution in [1.82, 2.24) is 20.1 Å². The van der Waals surface area contributed by atoms with E-state index >= 15 is 0 Å². The highest BCUT2D eigenvalue weighted by Crippen LogP contribution is 2.13. The summed E-state index contributed by atoms with van der Waals surface area (Å²) in [4.78, 5) is 16.2. The summed E-state index contributed by atoms with van der Waals surface area (Å²) in [6.45, 7) is 0.428. The summed E-state index contributed by atoms with van der Waals surface area (Å²) in [5, 5.41) is 7.24. The first kappa shape index (κ1) is 16.6. The Morgan fingerprint density at radius 1 is 1.24 bits per heavy atom. The van der Waals surface area contributed by atoms with Crippen LogP contribution in [0.5, 0.6) is 5.88 Å². The SMILES string of the molecule is COc1ncccc1C(=O)NCCc1ccn(-c2ccc(F)cc2)n1. The van der Waals surface area contributed by atoms with Gasteiger partial charge in [-0.1, -0.05) is 0 Å². The van der Waals surface area contributed by atoms with Crippen LogP contribution >= 0.6 is 0 Å². The Kier molecular flexibility index (Phi) is 5.03. The van der Waals surface area contributed by atoms with E-state index in [0.29, 0.717) is 24.4 Å². The number of nitrogens with one attached hydrogen (secondary N) is 1. The molecule has 128 valence electrons. The molecule has 6 nitrogen and oxygen atoms in total. The monoisotopic (exact) mass is 340 g/mol. The first-order valence-electron chi connectivity index (χ1n) is 7.75. The molecule has 1 amide bonds. The van der Waals surface area contributed by atoms with Crippen LogP contribution < -0.4 is 10.1 Å². The molecule has 2 aromatic heterocycles. The van der Waals surface area contributed by atoms with Crippen LogP contribution in [0.2, 0.25) is 0 Å². The molecule has 0 aliphatic rings. The van der Waals surface area contributed by atoms with Gasteiger partial charge in [0.05, 0.1) is 18.5 Å². The van der Waals surface area contributed by atoms with Crippen molar-refractivity contribution in [2.75, 3.05) is 13.7 Å². The van der Waals surface area contributed by atoms with Crippen molar-refractivity contribution < 1.29 is 13.9 Å². The van der Waals surface area contributed by atoms with Gasteiger partial charge in [-0.3, -0.25) is 4.79 Å². The van der Waals surface area contributed by atoms with Crippen LogP contribution in [-0.2, 0) is 6.42 Å². The van der Waals surface area contributed by atoms with Crippen molar-refractivity contribution in [1.29, 1.82) is 0 Å². The third-order valence-corrected chi connectivity index (χ3v) is 3.61. The second kappa shape index (κ2) is 7.57. The molecule has 0 radical (unpaired) electrons. The smallest absolute Gasteiger partial charge is 0.256 e. The Bertz CT molecular complexity index is 862. The predicted molar refractivity (Wildman–Crippen MR) is 90.3 cm³/mol. The van der Waals surface area contributed by atoms with Crippen molar-refractivity contribution in [3.05, 3.63) is 71.9 Å². The molecule has 3 rings (SSSR count). The number of benzene rings is 1. The summed E-state index contributed by atoms with van der Waals surface area (Å²) in [5.74, 6) is -0.242. The van der Waals surface area contributed by atoms with Gasteiger partial charge >= 0.3 is 0 Å². The molecule has 1 N–H and O–H groups in total. The second-order valence-electron chi connectivity index (χ2n) is 5.29. The topological polar surface area (TPSA) is 69.0 Å². The van der Waals surface area contributed by atoms with Gasteiger partial charge in [-0.15, -0.1) is 0 Å². The number of ether oxygens (including phenoxy) is 1. The molecular formula is C18H17FN4O2. The largest absolute Gasteiger partial charge is 0.480 e. The molecule has 0 unspecified atom stereocenters. The Balaban J connectivity index is 1.57. The fourth-order valence-corrected chi connectivity index (χ4v) is 2.36. The van der Waals surface area contributed by atoms with Crippen molar-refractivity contribution >= 4 is 5.91 Å². The molecule has 0 aliphatic carbocycles. The van der Waals surface area contributed by atoms with E-state index in [4.69, 9.17) is 4.74 Å². The fourth-order valence-electron chi connectivity index (χ4n) is 2.36. The van der Waals surface area contributed by atoms with Crippen molar-refractivity contribution in [2.24, 2.45) is 0 Å². The molecule has 0 atom stereocenters. The predicted octanol–water partition coefficient (Wildman–Crippen LogP) is 2.39. The molecule has 0 spiro atoms. The summed E-state index contributed by atoms with van der Waals surface area (Å²) < 4.78 is 19.7. The van der Waals surface area contributed by atoms with Crippen LogP contribution in [0, 0.1) is 5.82 Å².